The Morgan fingerprint density at radius 2 is 2.10 bits per heavy atom. The van der Waals surface area contributed by atoms with Gasteiger partial charge in [0.15, 0.2) is 0 Å². The average Bonchev–Trinajstić information content (AvgIpc) is 2.46. The molecule has 4 N–H and O–H groups in total. The molecule has 0 aliphatic carbocycles. The Morgan fingerprint density at radius 1 is 1.43 bits per heavy atom. The van der Waals surface area contributed by atoms with Gasteiger partial charge in [-0.15, -0.1) is 0 Å². The number of benzene rings is 1. The van der Waals surface area contributed by atoms with Gasteiger partial charge < -0.3 is 16.2 Å². The highest BCUT2D eigenvalue weighted by molar-refractivity contribution is 7.98. The summed E-state index contributed by atoms with van der Waals surface area (Å²) in [5, 5.41) is 0. The van der Waals surface area contributed by atoms with E-state index in [-0.39, 0.29) is 0 Å². The van der Waals surface area contributed by atoms with Crippen molar-refractivity contribution in [3.8, 4) is 0 Å². The standard InChI is InChI=1S/C14H19ClN2O3S/c1-8-7-9(3-4-10(8)16)12(18)13(15)20-14(19)11(17)5-6-21-2/h3-4,7,11,13H,5-6,16-17H2,1-2H3. The van der Waals surface area contributed by atoms with Gasteiger partial charge in [-0.2, -0.15) is 11.8 Å². The number of nitrogens with two attached hydrogens (primary N) is 2. The molecule has 0 bridgehead atoms. The molecule has 5 nitrogen and oxygen atoms in total. The number of anilines is 1. The van der Waals surface area contributed by atoms with Crippen molar-refractivity contribution in [3.05, 3.63) is 29.3 Å². The number of carbonyl (C=O) groups is 2. The number of thioether (sulfide) groups is 1. The third-order valence-corrected chi connectivity index (χ3v) is 3.85. The van der Waals surface area contributed by atoms with Crippen LogP contribution in [0.3, 0.4) is 0 Å². The van der Waals surface area contributed by atoms with E-state index in [9.17, 15) is 9.59 Å². The fourth-order valence-corrected chi connectivity index (χ4v) is 2.27. The molecule has 0 saturated carbocycles. The quantitative estimate of drug-likeness (QED) is 0.343. The number of ketones is 1. The molecule has 0 heterocycles. The van der Waals surface area contributed by atoms with Crippen molar-refractivity contribution in [2.45, 2.75) is 24.9 Å². The van der Waals surface area contributed by atoms with Crippen LogP contribution in [-0.2, 0) is 9.53 Å². The van der Waals surface area contributed by atoms with Crippen molar-refractivity contribution in [1.82, 2.24) is 0 Å². The predicted molar refractivity (Wildman–Crippen MR) is 86.6 cm³/mol. The normalized spacial score (nSPS) is 13.5. The van der Waals surface area contributed by atoms with Gasteiger partial charge in [0.05, 0.1) is 0 Å². The number of carbonyl (C=O) groups excluding carboxylic acids is 2. The summed E-state index contributed by atoms with van der Waals surface area (Å²) in [5.74, 6) is -0.441. The molecule has 116 valence electrons. The fourth-order valence-electron chi connectivity index (χ4n) is 1.57. The zero-order chi connectivity index (χ0) is 16.0. The third kappa shape index (κ3) is 5.22. The molecule has 2 atom stereocenters. The first kappa shape index (κ1) is 17.8. The Kier molecular flexibility index (Phi) is 7.01. The number of alkyl halides is 1. The number of nitrogen functional groups attached to an aromatic ring is 1. The van der Waals surface area contributed by atoms with Crippen LogP contribution in [0.2, 0.25) is 0 Å². The summed E-state index contributed by atoms with van der Waals surface area (Å²) in [7, 11) is 0. The van der Waals surface area contributed by atoms with E-state index >= 15 is 0 Å². The second-order valence-corrected chi connectivity index (χ2v) is 5.96. The summed E-state index contributed by atoms with van der Waals surface area (Å²) in [6.45, 7) is 1.78. The van der Waals surface area contributed by atoms with Gasteiger partial charge in [-0.3, -0.25) is 9.59 Å². The third-order valence-electron chi connectivity index (χ3n) is 2.92. The summed E-state index contributed by atoms with van der Waals surface area (Å²) in [4.78, 5) is 23.8. The maximum absolute atomic E-state index is 12.1. The number of rotatable bonds is 7. The highest BCUT2D eigenvalue weighted by Gasteiger charge is 2.25. The van der Waals surface area contributed by atoms with Crippen molar-refractivity contribution < 1.29 is 14.3 Å². The lowest BCUT2D eigenvalue weighted by molar-refractivity contribution is -0.145. The van der Waals surface area contributed by atoms with Crippen molar-refractivity contribution in [2.24, 2.45) is 5.73 Å². The van der Waals surface area contributed by atoms with E-state index in [2.05, 4.69) is 0 Å². The van der Waals surface area contributed by atoms with E-state index in [0.29, 0.717) is 17.7 Å². The number of Topliss-reactive ketones (excluding diaryl/α,β-unsaturated/α-hetero) is 1. The molecule has 0 saturated heterocycles. The van der Waals surface area contributed by atoms with Crippen molar-refractivity contribution in [2.75, 3.05) is 17.7 Å². The lowest BCUT2D eigenvalue weighted by Crippen LogP contribution is -2.36. The number of aryl methyl sites for hydroxylation is 1. The first-order valence-corrected chi connectivity index (χ1v) is 8.19. The van der Waals surface area contributed by atoms with Crippen LogP contribution in [0.15, 0.2) is 18.2 Å². The molecular formula is C14H19ClN2O3S. The maximum atomic E-state index is 12.1. The monoisotopic (exact) mass is 330 g/mol. The molecule has 0 spiro atoms. The Hall–Kier alpha value is -1.24. The summed E-state index contributed by atoms with van der Waals surface area (Å²) >= 11 is 7.42. The molecule has 1 aromatic rings. The summed E-state index contributed by atoms with van der Waals surface area (Å²) in [6.07, 6.45) is 2.38. The largest absolute Gasteiger partial charge is 0.437 e. The zero-order valence-corrected chi connectivity index (χ0v) is 13.5. The lowest BCUT2D eigenvalue weighted by Gasteiger charge is -2.14. The van der Waals surface area contributed by atoms with Crippen LogP contribution in [0.4, 0.5) is 5.69 Å². The Bertz CT molecular complexity index is 525. The molecule has 0 aliphatic heterocycles. The molecule has 7 heteroatoms. The van der Waals surface area contributed by atoms with Gasteiger partial charge in [-0.1, -0.05) is 11.6 Å². The minimum absolute atomic E-state index is 0.340. The van der Waals surface area contributed by atoms with Gasteiger partial charge in [0.1, 0.15) is 6.04 Å². The van der Waals surface area contributed by atoms with Crippen molar-refractivity contribution in [1.29, 1.82) is 0 Å². The lowest BCUT2D eigenvalue weighted by atomic mass is 10.1. The summed E-state index contributed by atoms with van der Waals surface area (Å²) < 4.78 is 4.91. The smallest absolute Gasteiger partial charge is 0.324 e. The molecule has 0 fully saturated rings. The van der Waals surface area contributed by atoms with Crippen LogP contribution < -0.4 is 11.5 Å². The highest BCUT2D eigenvalue weighted by Crippen LogP contribution is 2.17. The van der Waals surface area contributed by atoms with Gasteiger partial charge >= 0.3 is 5.97 Å². The van der Waals surface area contributed by atoms with Crippen molar-refractivity contribution in [3.63, 3.8) is 0 Å². The predicted octanol–water partition coefficient (Wildman–Crippen LogP) is 1.95. The second kappa shape index (κ2) is 8.26. The van der Waals surface area contributed by atoms with Crippen LogP contribution in [-0.4, -0.2) is 35.4 Å². The zero-order valence-electron chi connectivity index (χ0n) is 12.0. The average molecular weight is 331 g/mol. The molecule has 0 amide bonds. The topological polar surface area (TPSA) is 95.4 Å². The molecule has 1 rings (SSSR count). The molecule has 1 aromatic carbocycles. The van der Waals surface area contributed by atoms with Gasteiger partial charge in [-0.05, 0) is 49.1 Å². The highest BCUT2D eigenvalue weighted by atomic mass is 35.5. The van der Waals surface area contributed by atoms with Crippen LogP contribution in [0.1, 0.15) is 22.3 Å². The molecule has 0 radical (unpaired) electrons. The number of halogens is 1. The maximum Gasteiger partial charge on any atom is 0.324 e. The molecule has 0 aliphatic rings. The van der Waals surface area contributed by atoms with Gasteiger partial charge in [0, 0.05) is 11.3 Å². The Morgan fingerprint density at radius 3 is 2.67 bits per heavy atom. The summed E-state index contributed by atoms with van der Waals surface area (Å²) in [5.41, 5.74) is 11.6. The number of esters is 1. The van der Waals surface area contributed by atoms with E-state index in [1.54, 1.807) is 36.9 Å². The second-order valence-electron chi connectivity index (χ2n) is 4.58. The fraction of sp³-hybridized carbons (Fsp3) is 0.429. The minimum Gasteiger partial charge on any atom is -0.437 e. The number of hydrogen-bond donors (Lipinski definition) is 2. The molecule has 2 unspecified atom stereocenters. The van der Waals surface area contributed by atoms with Crippen molar-refractivity contribution >= 4 is 40.8 Å². The Balaban J connectivity index is 2.65. The SMILES string of the molecule is CSCCC(N)C(=O)OC(Cl)C(=O)c1ccc(N)c(C)c1. The van der Waals surface area contributed by atoms with Crippen LogP contribution in [0.25, 0.3) is 0 Å². The van der Waals surface area contributed by atoms with Gasteiger partial charge in [0.25, 0.3) is 0 Å². The Labute approximate surface area is 133 Å². The van der Waals surface area contributed by atoms with E-state index in [0.717, 1.165) is 11.3 Å². The van der Waals surface area contributed by atoms with Crippen LogP contribution in [0.5, 0.6) is 0 Å². The molecule has 21 heavy (non-hydrogen) atoms. The van der Waals surface area contributed by atoms with E-state index < -0.39 is 23.4 Å². The molecule has 0 aromatic heterocycles. The first-order chi connectivity index (χ1) is 9.86. The van der Waals surface area contributed by atoms with E-state index in [4.69, 9.17) is 27.8 Å². The number of ether oxygens (including phenoxy) is 1. The van der Waals surface area contributed by atoms with Crippen LogP contribution in [0, 0.1) is 6.92 Å². The number of hydrogen-bond acceptors (Lipinski definition) is 6. The first-order valence-electron chi connectivity index (χ1n) is 6.36. The van der Waals surface area contributed by atoms with E-state index in [1.807, 2.05) is 6.26 Å². The van der Waals surface area contributed by atoms with Gasteiger partial charge in [0.2, 0.25) is 11.3 Å². The van der Waals surface area contributed by atoms with Crippen LogP contribution >= 0.6 is 23.4 Å². The minimum atomic E-state index is -1.39. The van der Waals surface area contributed by atoms with Gasteiger partial charge in [-0.25, -0.2) is 0 Å². The van der Waals surface area contributed by atoms with E-state index in [1.165, 1.54) is 0 Å². The summed E-state index contributed by atoms with van der Waals surface area (Å²) in [6, 6.07) is 3.98. The molecular weight excluding hydrogens is 312 g/mol.